The third-order valence-electron chi connectivity index (χ3n) is 3.43. The van der Waals surface area contributed by atoms with Gasteiger partial charge in [-0.25, -0.2) is 0 Å². The Morgan fingerprint density at radius 2 is 1.81 bits per heavy atom. The van der Waals surface area contributed by atoms with Crippen molar-refractivity contribution in [3.8, 4) is 0 Å². The van der Waals surface area contributed by atoms with E-state index in [4.69, 9.17) is 11.6 Å². The second kappa shape index (κ2) is 8.83. The molecule has 1 saturated heterocycles. The van der Waals surface area contributed by atoms with Crippen molar-refractivity contribution < 1.29 is 9.59 Å². The quantitative estimate of drug-likeness (QED) is 0.821. The van der Waals surface area contributed by atoms with E-state index in [0.29, 0.717) is 23.7 Å². The Labute approximate surface area is 132 Å². The van der Waals surface area contributed by atoms with Gasteiger partial charge in [0.15, 0.2) is 0 Å². The van der Waals surface area contributed by atoms with Gasteiger partial charge >= 0.3 is 0 Å². The largest absolute Gasteiger partial charge is 0.339 e. The molecule has 0 atom stereocenters. The van der Waals surface area contributed by atoms with Crippen LogP contribution >= 0.6 is 11.6 Å². The van der Waals surface area contributed by atoms with E-state index in [1.165, 1.54) is 6.42 Å². The van der Waals surface area contributed by atoms with Crippen molar-refractivity contribution in [1.29, 1.82) is 0 Å². The van der Waals surface area contributed by atoms with Crippen molar-refractivity contribution >= 4 is 23.3 Å². The van der Waals surface area contributed by atoms with Crippen LogP contribution in [0.2, 0.25) is 5.02 Å². The molecule has 0 spiro atoms. The minimum atomic E-state index is -0.000461. The molecule has 4 heteroatoms. The number of halogens is 1. The summed E-state index contributed by atoms with van der Waals surface area (Å²) in [6, 6.07) is 6.98. The molecule has 1 aromatic rings. The predicted octanol–water partition coefficient (Wildman–Crippen LogP) is 4.20. The molecular weight excluding hydrogens is 286 g/mol. The standard InChI is InChI=1S/C14H16ClNO2.C3H8/c1-10(17)11-5-7-16(8-6-11)14(18)12-3-2-4-13(15)9-12;1-3-2/h2-4,9,11H,5-8H2,1H3;3H2,1-2H3. The fourth-order valence-electron chi connectivity index (χ4n) is 2.29. The van der Waals surface area contributed by atoms with E-state index in [-0.39, 0.29) is 17.6 Å². The Hall–Kier alpha value is -1.35. The smallest absolute Gasteiger partial charge is 0.253 e. The summed E-state index contributed by atoms with van der Waals surface area (Å²) in [7, 11) is 0. The third-order valence-corrected chi connectivity index (χ3v) is 3.66. The van der Waals surface area contributed by atoms with Crippen molar-refractivity contribution in [2.45, 2.75) is 40.0 Å². The lowest BCUT2D eigenvalue weighted by Crippen LogP contribution is -2.39. The molecule has 0 saturated carbocycles. The van der Waals surface area contributed by atoms with Crippen molar-refractivity contribution in [1.82, 2.24) is 4.90 Å². The molecule has 1 aromatic carbocycles. The summed E-state index contributed by atoms with van der Waals surface area (Å²) in [6.07, 6.45) is 2.78. The number of rotatable bonds is 2. The first-order valence-corrected chi connectivity index (χ1v) is 7.92. The first kappa shape index (κ1) is 17.7. The first-order valence-electron chi connectivity index (χ1n) is 7.54. The molecule has 1 amide bonds. The van der Waals surface area contributed by atoms with Gasteiger partial charge < -0.3 is 4.90 Å². The van der Waals surface area contributed by atoms with Crippen LogP contribution in [0.5, 0.6) is 0 Å². The van der Waals surface area contributed by atoms with Gasteiger partial charge in [-0.15, -0.1) is 0 Å². The lowest BCUT2D eigenvalue weighted by atomic mass is 9.93. The second-order valence-corrected chi connectivity index (χ2v) is 5.83. The fourth-order valence-corrected chi connectivity index (χ4v) is 2.48. The van der Waals surface area contributed by atoms with E-state index in [1.54, 1.807) is 36.1 Å². The van der Waals surface area contributed by atoms with Gasteiger partial charge in [-0.05, 0) is 38.0 Å². The van der Waals surface area contributed by atoms with E-state index < -0.39 is 0 Å². The average molecular weight is 310 g/mol. The fraction of sp³-hybridized carbons (Fsp3) is 0.529. The van der Waals surface area contributed by atoms with Gasteiger partial charge in [-0.3, -0.25) is 9.59 Å². The van der Waals surface area contributed by atoms with Crippen LogP contribution in [0.25, 0.3) is 0 Å². The lowest BCUT2D eigenvalue weighted by Gasteiger charge is -2.30. The van der Waals surface area contributed by atoms with Gasteiger partial charge in [-0.2, -0.15) is 0 Å². The lowest BCUT2D eigenvalue weighted by molar-refractivity contribution is -0.121. The van der Waals surface area contributed by atoms with Crippen LogP contribution in [0.15, 0.2) is 24.3 Å². The Morgan fingerprint density at radius 3 is 2.29 bits per heavy atom. The molecule has 21 heavy (non-hydrogen) atoms. The molecule has 0 aromatic heterocycles. The minimum Gasteiger partial charge on any atom is -0.339 e. The highest BCUT2D eigenvalue weighted by atomic mass is 35.5. The van der Waals surface area contributed by atoms with Crippen molar-refractivity contribution in [2.75, 3.05) is 13.1 Å². The van der Waals surface area contributed by atoms with Crippen LogP contribution in [0.1, 0.15) is 50.4 Å². The third kappa shape index (κ3) is 5.50. The topological polar surface area (TPSA) is 37.4 Å². The van der Waals surface area contributed by atoms with Crippen molar-refractivity contribution in [3.63, 3.8) is 0 Å². The average Bonchev–Trinajstić information content (AvgIpc) is 2.47. The summed E-state index contributed by atoms with van der Waals surface area (Å²) < 4.78 is 0. The molecular formula is C17H24ClNO2. The van der Waals surface area contributed by atoms with Crippen LogP contribution in [0.3, 0.4) is 0 Å². The Bertz CT molecular complexity index is 479. The van der Waals surface area contributed by atoms with Crippen LogP contribution in [0, 0.1) is 5.92 Å². The summed E-state index contributed by atoms with van der Waals surface area (Å²) in [5.74, 6) is 0.345. The predicted molar refractivity (Wildman–Crippen MR) is 86.7 cm³/mol. The molecule has 2 rings (SSSR count). The maximum absolute atomic E-state index is 12.2. The van der Waals surface area contributed by atoms with E-state index in [0.717, 1.165) is 12.8 Å². The Kier molecular flexibility index (Phi) is 7.44. The summed E-state index contributed by atoms with van der Waals surface area (Å²) in [5.41, 5.74) is 0.615. The van der Waals surface area contributed by atoms with E-state index >= 15 is 0 Å². The molecule has 1 aliphatic rings. The molecule has 116 valence electrons. The highest BCUT2D eigenvalue weighted by Crippen LogP contribution is 2.20. The zero-order valence-corrected chi connectivity index (χ0v) is 13.8. The van der Waals surface area contributed by atoms with E-state index in [1.807, 2.05) is 0 Å². The molecule has 1 aliphatic heterocycles. The minimum absolute atomic E-state index is 0.000461. The maximum Gasteiger partial charge on any atom is 0.253 e. The monoisotopic (exact) mass is 309 g/mol. The number of carbonyl (C=O) groups excluding carboxylic acids is 2. The SMILES string of the molecule is CC(=O)C1CCN(C(=O)c2cccc(Cl)c2)CC1.CCC. The molecule has 3 nitrogen and oxygen atoms in total. The number of piperidine rings is 1. The normalized spacial score (nSPS) is 15.1. The maximum atomic E-state index is 12.2. The molecule has 1 heterocycles. The number of amides is 1. The number of Topliss-reactive ketones (excluding diaryl/α,β-unsaturated/α-hetero) is 1. The van der Waals surface area contributed by atoms with Crippen molar-refractivity contribution in [2.24, 2.45) is 5.92 Å². The van der Waals surface area contributed by atoms with E-state index in [2.05, 4.69) is 13.8 Å². The number of benzene rings is 1. The van der Waals surface area contributed by atoms with E-state index in [9.17, 15) is 9.59 Å². The first-order chi connectivity index (χ1) is 9.99. The highest BCUT2D eigenvalue weighted by molar-refractivity contribution is 6.30. The number of nitrogens with zero attached hydrogens (tertiary/aromatic N) is 1. The molecule has 0 unspecified atom stereocenters. The van der Waals surface area contributed by atoms with Gasteiger partial charge in [0, 0.05) is 29.6 Å². The van der Waals surface area contributed by atoms with Crippen LogP contribution < -0.4 is 0 Å². The van der Waals surface area contributed by atoms with Gasteiger partial charge in [0.1, 0.15) is 5.78 Å². The summed E-state index contributed by atoms with van der Waals surface area (Å²) in [5, 5.41) is 0.569. The summed E-state index contributed by atoms with van der Waals surface area (Å²) in [6.45, 7) is 7.17. The van der Waals surface area contributed by atoms with Crippen LogP contribution in [0.4, 0.5) is 0 Å². The number of likely N-dealkylation sites (tertiary alicyclic amines) is 1. The van der Waals surface area contributed by atoms with Gasteiger partial charge in [0.05, 0.1) is 0 Å². The number of carbonyl (C=O) groups is 2. The Balaban J connectivity index is 0.000000677. The summed E-state index contributed by atoms with van der Waals surface area (Å²) in [4.78, 5) is 25.3. The number of hydrogen-bond donors (Lipinski definition) is 0. The van der Waals surface area contributed by atoms with Crippen LogP contribution in [-0.4, -0.2) is 29.7 Å². The number of ketones is 1. The zero-order chi connectivity index (χ0) is 15.8. The second-order valence-electron chi connectivity index (χ2n) is 5.39. The van der Waals surface area contributed by atoms with Gasteiger partial charge in [-0.1, -0.05) is 37.9 Å². The zero-order valence-electron chi connectivity index (χ0n) is 13.1. The highest BCUT2D eigenvalue weighted by Gasteiger charge is 2.25. The molecule has 0 bridgehead atoms. The van der Waals surface area contributed by atoms with Gasteiger partial charge in [0.25, 0.3) is 5.91 Å². The molecule has 0 N–H and O–H groups in total. The summed E-state index contributed by atoms with van der Waals surface area (Å²) >= 11 is 5.88. The molecule has 1 fully saturated rings. The number of hydrogen-bond acceptors (Lipinski definition) is 2. The Morgan fingerprint density at radius 1 is 1.24 bits per heavy atom. The van der Waals surface area contributed by atoms with Crippen molar-refractivity contribution in [3.05, 3.63) is 34.9 Å². The van der Waals surface area contributed by atoms with Crippen LogP contribution in [-0.2, 0) is 4.79 Å². The van der Waals surface area contributed by atoms with Gasteiger partial charge in [0.2, 0.25) is 0 Å². The molecule has 0 radical (unpaired) electrons. The molecule has 0 aliphatic carbocycles.